The van der Waals surface area contributed by atoms with Gasteiger partial charge >= 0.3 is 10.2 Å². The van der Waals surface area contributed by atoms with Crippen molar-refractivity contribution in [2.24, 2.45) is 0 Å². The first-order valence-corrected chi connectivity index (χ1v) is 14.4. The average Bonchev–Trinajstić information content (AvgIpc) is 3.06. The van der Waals surface area contributed by atoms with Crippen molar-refractivity contribution in [3.63, 3.8) is 0 Å². The minimum Gasteiger partial charge on any atom is -0.491 e. The summed E-state index contributed by atoms with van der Waals surface area (Å²) in [6.45, 7) is 7.94. The van der Waals surface area contributed by atoms with Crippen LogP contribution in [0, 0.1) is 5.82 Å². The van der Waals surface area contributed by atoms with Gasteiger partial charge in [0, 0.05) is 38.1 Å². The van der Waals surface area contributed by atoms with Crippen LogP contribution in [0.1, 0.15) is 45.0 Å². The van der Waals surface area contributed by atoms with Crippen LogP contribution in [0.3, 0.4) is 0 Å². The summed E-state index contributed by atoms with van der Waals surface area (Å²) in [5, 5.41) is 0. The first kappa shape index (κ1) is 26.5. The molecular weight excluding hydrogens is 505 g/mol. The molecule has 38 heavy (non-hydrogen) atoms. The van der Waals surface area contributed by atoms with Gasteiger partial charge in [0.25, 0.3) is 0 Å². The minimum atomic E-state index is -3.94. The molecule has 1 spiro atoms. The van der Waals surface area contributed by atoms with Gasteiger partial charge < -0.3 is 4.74 Å². The van der Waals surface area contributed by atoms with Crippen molar-refractivity contribution >= 4 is 15.9 Å². The fourth-order valence-electron chi connectivity index (χ4n) is 5.69. The van der Waals surface area contributed by atoms with Crippen molar-refractivity contribution in [1.29, 1.82) is 0 Å². The molecule has 2 aliphatic heterocycles. The number of ether oxygens (including phenoxy) is 1. The molecule has 0 N–H and O–H groups in total. The Morgan fingerprint density at radius 2 is 1.84 bits per heavy atom. The monoisotopic (exact) mass is 539 g/mol. The molecule has 2 unspecified atom stereocenters. The van der Waals surface area contributed by atoms with Crippen LogP contribution in [0.5, 0.6) is 5.75 Å². The van der Waals surface area contributed by atoms with Gasteiger partial charge in [0.1, 0.15) is 17.4 Å². The predicted molar refractivity (Wildman–Crippen MR) is 144 cm³/mol. The molecule has 0 bridgehead atoms. The minimum absolute atomic E-state index is 0.0669. The summed E-state index contributed by atoms with van der Waals surface area (Å²) in [4.78, 5) is 10.8. The third kappa shape index (κ3) is 5.39. The molecule has 2 saturated heterocycles. The van der Waals surface area contributed by atoms with Crippen LogP contribution in [0.4, 0.5) is 10.1 Å². The molecule has 0 saturated carbocycles. The SMILES string of the molecule is CC(C)Oc1cccc(CN2CCC3(CC2C)CN(Cc2ncccn2)S(=O)(=O)N3c2cccc(F)c2)c1. The highest BCUT2D eigenvalue weighted by atomic mass is 32.2. The molecule has 2 fully saturated rings. The number of halogens is 1. The molecule has 0 radical (unpaired) electrons. The van der Waals surface area contributed by atoms with Crippen LogP contribution < -0.4 is 9.04 Å². The van der Waals surface area contributed by atoms with Crippen LogP contribution in [0.2, 0.25) is 0 Å². The number of rotatable bonds is 7. The van der Waals surface area contributed by atoms with E-state index in [9.17, 15) is 12.8 Å². The van der Waals surface area contributed by atoms with Gasteiger partial charge in [-0.25, -0.2) is 18.7 Å². The largest absolute Gasteiger partial charge is 0.491 e. The van der Waals surface area contributed by atoms with Gasteiger partial charge in [0.05, 0.1) is 23.9 Å². The lowest BCUT2D eigenvalue weighted by molar-refractivity contribution is 0.0981. The zero-order valence-corrected chi connectivity index (χ0v) is 22.8. The topological polar surface area (TPSA) is 78.9 Å². The third-order valence-corrected chi connectivity index (χ3v) is 9.23. The zero-order valence-electron chi connectivity index (χ0n) is 22.0. The molecule has 1 aromatic heterocycles. The lowest BCUT2D eigenvalue weighted by atomic mass is 9.82. The Kier molecular flexibility index (Phi) is 7.39. The first-order chi connectivity index (χ1) is 18.2. The number of benzene rings is 2. The maximum absolute atomic E-state index is 14.3. The van der Waals surface area contributed by atoms with E-state index < -0.39 is 21.6 Å². The van der Waals surface area contributed by atoms with Gasteiger partial charge in [-0.15, -0.1) is 0 Å². The Hall–Kier alpha value is -3.08. The van der Waals surface area contributed by atoms with Crippen molar-refractivity contribution in [3.8, 4) is 5.75 Å². The standard InChI is InChI=1S/C28H34FN5O3S/c1-21(2)37-26-10-4-7-23(15-26)18-32-14-11-28(17-22(32)3)20-33(19-27-30-12-6-13-31-27)38(35,36)34(28)25-9-5-8-24(29)16-25/h4-10,12-13,15-16,21-22H,11,14,17-20H2,1-3H3. The van der Waals surface area contributed by atoms with Crippen LogP contribution >= 0.6 is 0 Å². The Morgan fingerprint density at radius 3 is 2.55 bits per heavy atom. The van der Waals surface area contributed by atoms with E-state index in [2.05, 4.69) is 33.9 Å². The summed E-state index contributed by atoms with van der Waals surface area (Å²) in [5.41, 5.74) is 0.787. The lowest BCUT2D eigenvalue weighted by Crippen LogP contribution is -2.57. The fourth-order valence-corrected chi connectivity index (χ4v) is 7.70. The normalized spacial score (nSPS) is 23.8. The molecule has 3 heterocycles. The highest BCUT2D eigenvalue weighted by Gasteiger charge is 2.56. The number of nitrogens with zero attached hydrogens (tertiary/aromatic N) is 5. The van der Waals surface area contributed by atoms with E-state index in [1.807, 2.05) is 26.0 Å². The van der Waals surface area contributed by atoms with Gasteiger partial charge in [0.15, 0.2) is 0 Å². The number of hydrogen-bond donors (Lipinski definition) is 0. The second kappa shape index (κ2) is 10.6. The Morgan fingerprint density at radius 1 is 1.08 bits per heavy atom. The summed E-state index contributed by atoms with van der Waals surface area (Å²) < 4.78 is 50.9. The second-order valence-electron chi connectivity index (χ2n) is 10.5. The van der Waals surface area contributed by atoms with Crippen molar-refractivity contribution in [2.45, 2.75) is 64.4 Å². The molecule has 0 aliphatic carbocycles. The molecule has 8 nitrogen and oxygen atoms in total. The molecule has 202 valence electrons. The van der Waals surface area contributed by atoms with Gasteiger partial charge in [-0.2, -0.15) is 12.7 Å². The number of likely N-dealkylation sites (tertiary alicyclic amines) is 1. The quantitative estimate of drug-likeness (QED) is 0.443. The molecule has 2 aliphatic rings. The van der Waals surface area contributed by atoms with E-state index in [0.29, 0.717) is 37.4 Å². The van der Waals surface area contributed by atoms with Crippen molar-refractivity contribution < 1.29 is 17.5 Å². The van der Waals surface area contributed by atoms with E-state index in [1.54, 1.807) is 30.6 Å². The van der Waals surface area contributed by atoms with E-state index in [4.69, 9.17) is 4.74 Å². The highest BCUT2D eigenvalue weighted by molar-refractivity contribution is 7.90. The molecule has 10 heteroatoms. The highest BCUT2D eigenvalue weighted by Crippen LogP contribution is 2.45. The molecule has 3 aromatic rings. The van der Waals surface area contributed by atoms with Crippen molar-refractivity contribution in [1.82, 2.24) is 19.2 Å². The summed E-state index contributed by atoms with van der Waals surface area (Å²) in [7, 11) is -3.94. The molecule has 0 amide bonds. The number of anilines is 1. The van der Waals surface area contributed by atoms with Crippen LogP contribution in [-0.4, -0.2) is 58.4 Å². The average molecular weight is 540 g/mol. The van der Waals surface area contributed by atoms with Crippen LogP contribution in [0.15, 0.2) is 67.0 Å². The van der Waals surface area contributed by atoms with Gasteiger partial charge in [-0.1, -0.05) is 18.2 Å². The van der Waals surface area contributed by atoms with Crippen molar-refractivity contribution in [2.75, 3.05) is 17.4 Å². The van der Waals surface area contributed by atoms with Gasteiger partial charge in [-0.3, -0.25) is 4.90 Å². The number of aromatic nitrogens is 2. The number of hydrogen-bond acceptors (Lipinski definition) is 6. The van der Waals surface area contributed by atoms with Gasteiger partial charge in [0.2, 0.25) is 0 Å². The van der Waals surface area contributed by atoms with Crippen molar-refractivity contribution in [3.05, 3.63) is 84.2 Å². The first-order valence-electron chi connectivity index (χ1n) is 13.0. The molecular formula is C28H34FN5O3S. The summed E-state index contributed by atoms with van der Waals surface area (Å²) in [6.07, 6.45) is 4.53. The second-order valence-corrected chi connectivity index (χ2v) is 12.3. The Labute approximate surface area is 224 Å². The molecule has 2 atom stereocenters. The zero-order chi connectivity index (χ0) is 26.9. The summed E-state index contributed by atoms with van der Waals surface area (Å²) in [6, 6.07) is 15.8. The molecule has 5 rings (SSSR count). The van der Waals surface area contributed by atoms with E-state index in [1.165, 1.54) is 20.7 Å². The van der Waals surface area contributed by atoms with Gasteiger partial charge in [-0.05, 0) is 75.6 Å². The summed E-state index contributed by atoms with van der Waals surface area (Å²) in [5.74, 6) is 0.810. The maximum Gasteiger partial charge on any atom is 0.305 e. The maximum atomic E-state index is 14.3. The Bertz CT molecular complexity index is 1370. The summed E-state index contributed by atoms with van der Waals surface area (Å²) >= 11 is 0. The molecule has 2 aromatic carbocycles. The van der Waals surface area contributed by atoms with E-state index in [-0.39, 0.29) is 18.7 Å². The third-order valence-electron chi connectivity index (χ3n) is 7.26. The lowest BCUT2D eigenvalue weighted by Gasteiger charge is -2.47. The fraction of sp³-hybridized carbons (Fsp3) is 0.429. The Balaban J connectivity index is 1.42. The smallest absolute Gasteiger partial charge is 0.305 e. The van der Waals surface area contributed by atoms with Crippen LogP contribution in [-0.2, 0) is 23.3 Å². The van der Waals surface area contributed by atoms with E-state index >= 15 is 0 Å². The van der Waals surface area contributed by atoms with Crippen LogP contribution in [0.25, 0.3) is 0 Å². The predicted octanol–water partition coefficient (Wildman–Crippen LogP) is 4.39. The van der Waals surface area contributed by atoms with E-state index in [0.717, 1.165) is 17.9 Å². The number of piperidine rings is 1.